The average Bonchev–Trinajstić information content (AvgIpc) is 2.67. The summed E-state index contributed by atoms with van der Waals surface area (Å²) >= 11 is 5.87. The molecule has 2 rings (SSSR count). The number of amides is 2. The third-order valence-electron chi connectivity index (χ3n) is 4.10. The zero-order chi connectivity index (χ0) is 20.7. The van der Waals surface area contributed by atoms with Crippen LogP contribution in [0.4, 0.5) is 5.69 Å². The minimum atomic E-state index is -0.699. The molecular formula is C21H25ClN2O4. The topological polar surface area (TPSA) is 76.7 Å². The molecule has 0 saturated heterocycles. The molecular weight excluding hydrogens is 380 g/mol. The number of carbonyl (C=O) groups excluding carboxylic acids is 2. The van der Waals surface area contributed by atoms with Crippen molar-refractivity contribution in [3.8, 4) is 11.5 Å². The number of methoxy groups -OCH3 is 2. The minimum Gasteiger partial charge on any atom is -0.497 e. The molecule has 2 aromatic rings. The maximum Gasteiger partial charge on any atom is 0.251 e. The van der Waals surface area contributed by atoms with E-state index >= 15 is 0 Å². The fraction of sp³-hybridized carbons (Fsp3) is 0.333. The van der Waals surface area contributed by atoms with Gasteiger partial charge in [-0.15, -0.1) is 0 Å². The van der Waals surface area contributed by atoms with Crippen molar-refractivity contribution in [1.82, 2.24) is 5.32 Å². The lowest BCUT2D eigenvalue weighted by Gasteiger charge is -2.21. The van der Waals surface area contributed by atoms with Crippen LogP contribution in [0.25, 0.3) is 0 Å². The molecule has 1 atom stereocenters. The predicted molar refractivity (Wildman–Crippen MR) is 110 cm³/mol. The molecule has 2 amide bonds. The van der Waals surface area contributed by atoms with Crippen molar-refractivity contribution in [1.29, 1.82) is 0 Å². The van der Waals surface area contributed by atoms with Crippen molar-refractivity contribution >= 4 is 29.1 Å². The standard InChI is InChI=1S/C21H25ClN2O4/c1-13(2)11-18(24-20(25)14-5-7-15(22)8-6-14)21(26)23-17-10-9-16(27-3)12-19(17)28-4/h5-10,12-13,18H,11H2,1-4H3,(H,23,26)(H,24,25)/t18-/m0/s1. The first kappa shape index (κ1) is 21.6. The maximum atomic E-state index is 12.9. The van der Waals surface area contributed by atoms with E-state index in [1.54, 1.807) is 49.6 Å². The van der Waals surface area contributed by atoms with E-state index in [2.05, 4.69) is 10.6 Å². The molecule has 0 unspecified atom stereocenters. The fourth-order valence-electron chi connectivity index (χ4n) is 2.67. The zero-order valence-electron chi connectivity index (χ0n) is 16.4. The second-order valence-electron chi connectivity index (χ2n) is 6.72. The Kier molecular flexibility index (Phi) is 7.70. The first-order valence-corrected chi connectivity index (χ1v) is 9.31. The summed E-state index contributed by atoms with van der Waals surface area (Å²) in [5.41, 5.74) is 0.941. The summed E-state index contributed by atoms with van der Waals surface area (Å²) in [4.78, 5) is 25.4. The molecule has 0 aliphatic carbocycles. The smallest absolute Gasteiger partial charge is 0.251 e. The van der Waals surface area contributed by atoms with Crippen LogP contribution in [0.15, 0.2) is 42.5 Å². The summed E-state index contributed by atoms with van der Waals surface area (Å²) in [5, 5.41) is 6.17. The highest BCUT2D eigenvalue weighted by atomic mass is 35.5. The molecule has 0 fully saturated rings. The van der Waals surface area contributed by atoms with Crippen molar-refractivity contribution < 1.29 is 19.1 Å². The van der Waals surface area contributed by atoms with Gasteiger partial charge in [-0.25, -0.2) is 0 Å². The highest BCUT2D eigenvalue weighted by Crippen LogP contribution is 2.29. The average molecular weight is 405 g/mol. The van der Waals surface area contributed by atoms with Gasteiger partial charge in [0.2, 0.25) is 5.91 Å². The molecule has 0 aliphatic heterocycles. The van der Waals surface area contributed by atoms with Crippen LogP contribution in [0.3, 0.4) is 0 Å². The molecule has 7 heteroatoms. The Hall–Kier alpha value is -2.73. The van der Waals surface area contributed by atoms with E-state index in [1.807, 2.05) is 13.8 Å². The van der Waals surface area contributed by atoms with Gasteiger partial charge in [0.1, 0.15) is 17.5 Å². The third-order valence-corrected chi connectivity index (χ3v) is 4.35. The molecule has 0 saturated carbocycles. The quantitative estimate of drug-likeness (QED) is 0.693. The number of rotatable bonds is 8. The molecule has 0 spiro atoms. The molecule has 0 aromatic heterocycles. The lowest BCUT2D eigenvalue weighted by molar-refractivity contribution is -0.118. The van der Waals surface area contributed by atoms with E-state index in [0.717, 1.165) is 0 Å². The molecule has 6 nitrogen and oxygen atoms in total. The number of ether oxygens (including phenoxy) is 2. The van der Waals surface area contributed by atoms with Crippen molar-refractivity contribution in [3.05, 3.63) is 53.1 Å². The second kappa shape index (κ2) is 9.99. The number of hydrogen-bond acceptors (Lipinski definition) is 4. The predicted octanol–water partition coefficient (Wildman–Crippen LogP) is 4.14. The van der Waals surface area contributed by atoms with Crippen LogP contribution in [0.5, 0.6) is 11.5 Å². The molecule has 28 heavy (non-hydrogen) atoms. The van der Waals surface area contributed by atoms with Gasteiger partial charge >= 0.3 is 0 Å². The maximum absolute atomic E-state index is 12.9. The van der Waals surface area contributed by atoms with Gasteiger partial charge in [0.25, 0.3) is 5.91 Å². The molecule has 0 aliphatic rings. The van der Waals surface area contributed by atoms with Gasteiger partial charge in [0.05, 0.1) is 19.9 Å². The number of benzene rings is 2. The molecule has 0 bridgehead atoms. The Labute approximate surface area is 170 Å². The van der Waals surface area contributed by atoms with E-state index in [4.69, 9.17) is 21.1 Å². The van der Waals surface area contributed by atoms with E-state index < -0.39 is 6.04 Å². The van der Waals surface area contributed by atoms with Gasteiger partial charge in [0.15, 0.2) is 0 Å². The molecule has 2 aromatic carbocycles. The van der Waals surface area contributed by atoms with E-state index in [-0.39, 0.29) is 17.7 Å². The summed E-state index contributed by atoms with van der Waals surface area (Å²) in [6.45, 7) is 3.98. The summed E-state index contributed by atoms with van der Waals surface area (Å²) in [6.07, 6.45) is 0.490. The number of anilines is 1. The SMILES string of the molecule is COc1ccc(NC(=O)[C@H](CC(C)C)NC(=O)c2ccc(Cl)cc2)c(OC)c1. The van der Waals surface area contributed by atoms with Gasteiger partial charge in [0, 0.05) is 16.7 Å². The lowest BCUT2D eigenvalue weighted by Crippen LogP contribution is -2.44. The zero-order valence-corrected chi connectivity index (χ0v) is 17.2. The Bertz CT molecular complexity index is 822. The van der Waals surface area contributed by atoms with Crippen molar-refractivity contribution in [3.63, 3.8) is 0 Å². The highest BCUT2D eigenvalue weighted by molar-refractivity contribution is 6.30. The largest absolute Gasteiger partial charge is 0.497 e. The highest BCUT2D eigenvalue weighted by Gasteiger charge is 2.23. The molecule has 150 valence electrons. The van der Waals surface area contributed by atoms with Gasteiger partial charge in [-0.05, 0) is 48.7 Å². The number of hydrogen-bond donors (Lipinski definition) is 2. The Balaban J connectivity index is 2.16. The first-order valence-electron chi connectivity index (χ1n) is 8.93. The minimum absolute atomic E-state index is 0.207. The lowest BCUT2D eigenvalue weighted by atomic mass is 10.0. The Morgan fingerprint density at radius 1 is 1.04 bits per heavy atom. The van der Waals surface area contributed by atoms with Gasteiger partial charge in [-0.2, -0.15) is 0 Å². The monoisotopic (exact) mass is 404 g/mol. The summed E-state index contributed by atoms with van der Waals surface area (Å²) < 4.78 is 10.5. The van der Waals surface area contributed by atoms with E-state index in [1.165, 1.54) is 7.11 Å². The van der Waals surface area contributed by atoms with Crippen molar-refractivity contribution in [2.24, 2.45) is 5.92 Å². The van der Waals surface area contributed by atoms with Crippen LogP contribution in [-0.2, 0) is 4.79 Å². The van der Waals surface area contributed by atoms with Gasteiger partial charge in [-0.3, -0.25) is 9.59 Å². The van der Waals surface area contributed by atoms with Crippen LogP contribution in [0, 0.1) is 5.92 Å². The third kappa shape index (κ3) is 5.89. The van der Waals surface area contributed by atoms with Crippen LogP contribution < -0.4 is 20.1 Å². The van der Waals surface area contributed by atoms with E-state index in [0.29, 0.717) is 34.2 Å². The van der Waals surface area contributed by atoms with Crippen LogP contribution in [-0.4, -0.2) is 32.1 Å². The first-order chi connectivity index (χ1) is 13.3. The van der Waals surface area contributed by atoms with Crippen molar-refractivity contribution in [2.75, 3.05) is 19.5 Å². The normalized spacial score (nSPS) is 11.6. The second-order valence-corrected chi connectivity index (χ2v) is 7.15. The fourth-order valence-corrected chi connectivity index (χ4v) is 2.79. The Morgan fingerprint density at radius 3 is 2.29 bits per heavy atom. The van der Waals surface area contributed by atoms with Gasteiger partial charge in [-0.1, -0.05) is 25.4 Å². The molecule has 0 radical (unpaired) electrons. The summed E-state index contributed by atoms with van der Waals surface area (Å²) in [7, 11) is 3.07. The van der Waals surface area contributed by atoms with Crippen molar-refractivity contribution in [2.45, 2.75) is 26.3 Å². The number of nitrogens with one attached hydrogen (secondary N) is 2. The van der Waals surface area contributed by atoms with Crippen LogP contribution in [0.1, 0.15) is 30.6 Å². The summed E-state index contributed by atoms with van der Waals surface area (Å²) in [5.74, 6) is 0.641. The Morgan fingerprint density at radius 2 is 1.71 bits per heavy atom. The van der Waals surface area contributed by atoms with Gasteiger partial charge < -0.3 is 20.1 Å². The van der Waals surface area contributed by atoms with Crippen LogP contribution >= 0.6 is 11.6 Å². The summed E-state index contributed by atoms with van der Waals surface area (Å²) in [6, 6.07) is 10.9. The number of carbonyl (C=O) groups is 2. The van der Waals surface area contributed by atoms with E-state index in [9.17, 15) is 9.59 Å². The molecule has 2 N–H and O–H groups in total. The number of halogens is 1. The molecule has 0 heterocycles. The van der Waals surface area contributed by atoms with Crippen LogP contribution in [0.2, 0.25) is 5.02 Å².